The third kappa shape index (κ3) is 3.56. The van der Waals surface area contributed by atoms with Crippen molar-refractivity contribution in [3.05, 3.63) is 35.6 Å². The van der Waals surface area contributed by atoms with E-state index < -0.39 is 0 Å². The van der Waals surface area contributed by atoms with Crippen LogP contribution in [0.2, 0.25) is 0 Å². The van der Waals surface area contributed by atoms with Crippen LogP contribution >= 0.6 is 0 Å². The average Bonchev–Trinajstić information content (AvgIpc) is 2.93. The number of rotatable bonds is 3. The van der Waals surface area contributed by atoms with E-state index in [4.69, 9.17) is 13.9 Å². The number of ether oxygens (including phenoxy) is 2. The van der Waals surface area contributed by atoms with E-state index in [1.165, 1.54) is 0 Å². The predicted molar refractivity (Wildman–Crippen MR) is 97.7 cm³/mol. The first-order valence-corrected chi connectivity index (χ1v) is 8.58. The molecule has 25 heavy (non-hydrogen) atoms. The number of hydrogen-bond acceptors (Lipinski definition) is 4. The summed E-state index contributed by atoms with van der Waals surface area (Å²) in [4.78, 5) is 14.5. The van der Waals surface area contributed by atoms with E-state index in [1.54, 1.807) is 19.4 Å². The van der Waals surface area contributed by atoms with Crippen LogP contribution in [0, 0.1) is 6.92 Å². The fourth-order valence-electron chi connectivity index (χ4n) is 3.37. The summed E-state index contributed by atoms with van der Waals surface area (Å²) in [6, 6.07) is 3.90. The van der Waals surface area contributed by atoms with Crippen molar-refractivity contribution in [1.29, 1.82) is 0 Å². The normalized spacial score (nSPS) is 21.6. The van der Waals surface area contributed by atoms with Gasteiger partial charge in [0.25, 0.3) is 0 Å². The molecule has 5 heteroatoms. The molecule has 2 atom stereocenters. The molecule has 0 radical (unpaired) electrons. The zero-order valence-electron chi connectivity index (χ0n) is 15.5. The Balaban J connectivity index is 1.92. The zero-order chi connectivity index (χ0) is 18.1. The summed E-state index contributed by atoms with van der Waals surface area (Å²) >= 11 is 0. The number of aryl methyl sites for hydroxylation is 1. The molecule has 3 rings (SSSR count). The minimum Gasteiger partial charge on any atom is -0.496 e. The van der Waals surface area contributed by atoms with Crippen LogP contribution in [0.15, 0.2) is 28.9 Å². The van der Waals surface area contributed by atoms with Gasteiger partial charge in [-0.05, 0) is 44.9 Å². The van der Waals surface area contributed by atoms with Crippen molar-refractivity contribution in [1.82, 2.24) is 4.90 Å². The SMILES string of the molecule is COc1cc2occ(C)c2cc1/C(C)=C/C(=O)N1CC(C)OC(C)C1. The molecule has 1 aromatic carbocycles. The van der Waals surface area contributed by atoms with Crippen LogP contribution in [0.4, 0.5) is 0 Å². The number of allylic oxidation sites excluding steroid dienone is 1. The molecule has 1 aromatic heterocycles. The van der Waals surface area contributed by atoms with E-state index in [-0.39, 0.29) is 18.1 Å². The Morgan fingerprint density at radius 3 is 2.60 bits per heavy atom. The van der Waals surface area contributed by atoms with Crippen LogP contribution in [0.3, 0.4) is 0 Å². The smallest absolute Gasteiger partial charge is 0.247 e. The predicted octanol–water partition coefficient (Wildman–Crippen LogP) is 3.79. The van der Waals surface area contributed by atoms with Crippen LogP contribution in [-0.4, -0.2) is 43.2 Å². The van der Waals surface area contributed by atoms with Gasteiger partial charge in [0.15, 0.2) is 0 Å². The highest BCUT2D eigenvalue weighted by molar-refractivity contribution is 5.97. The first-order chi connectivity index (χ1) is 11.9. The van der Waals surface area contributed by atoms with E-state index in [1.807, 2.05) is 44.7 Å². The van der Waals surface area contributed by atoms with Crippen LogP contribution in [0.5, 0.6) is 5.75 Å². The minimum atomic E-state index is 0.00515. The van der Waals surface area contributed by atoms with Gasteiger partial charge in [-0.25, -0.2) is 0 Å². The highest BCUT2D eigenvalue weighted by Crippen LogP contribution is 2.33. The standard InChI is InChI=1S/C20H25NO4/c1-12(6-20(22)21-9-14(3)25-15(4)10-21)16-7-17-13(2)11-24-19(17)8-18(16)23-5/h6-8,11,14-15H,9-10H2,1-5H3/b12-6+. The molecule has 1 fully saturated rings. The number of methoxy groups -OCH3 is 1. The monoisotopic (exact) mass is 343 g/mol. The number of benzene rings is 1. The topological polar surface area (TPSA) is 51.9 Å². The van der Waals surface area contributed by atoms with Crippen molar-refractivity contribution in [2.24, 2.45) is 0 Å². The molecule has 5 nitrogen and oxygen atoms in total. The first kappa shape index (κ1) is 17.5. The van der Waals surface area contributed by atoms with Crippen molar-refractivity contribution in [2.45, 2.75) is 39.9 Å². The Hall–Kier alpha value is -2.27. The third-order valence-corrected chi connectivity index (χ3v) is 4.59. The second-order valence-corrected chi connectivity index (χ2v) is 6.80. The number of hydrogen-bond donors (Lipinski definition) is 0. The largest absolute Gasteiger partial charge is 0.496 e. The molecule has 2 heterocycles. The summed E-state index contributed by atoms with van der Waals surface area (Å²) in [5.74, 6) is 0.706. The number of carbonyl (C=O) groups is 1. The van der Waals surface area contributed by atoms with Crippen LogP contribution in [0.25, 0.3) is 16.5 Å². The molecule has 0 bridgehead atoms. The second-order valence-electron chi connectivity index (χ2n) is 6.80. The van der Waals surface area contributed by atoms with Gasteiger partial charge >= 0.3 is 0 Å². The number of carbonyl (C=O) groups excluding carboxylic acids is 1. The van der Waals surface area contributed by atoms with Crippen LogP contribution in [-0.2, 0) is 9.53 Å². The molecule has 134 valence electrons. The highest BCUT2D eigenvalue weighted by atomic mass is 16.5. The summed E-state index contributed by atoms with van der Waals surface area (Å²) in [6.07, 6.45) is 3.53. The van der Waals surface area contributed by atoms with Gasteiger partial charge in [-0.2, -0.15) is 0 Å². The lowest BCUT2D eigenvalue weighted by Gasteiger charge is -2.34. The van der Waals surface area contributed by atoms with Crippen molar-refractivity contribution in [2.75, 3.05) is 20.2 Å². The Morgan fingerprint density at radius 2 is 1.96 bits per heavy atom. The summed E-state index contributed by atoms with van der Waals surface area (Å²) in [5.41, 5.74) is 3.63. The Kier molecular flexibility index (Phi) is 4.86. The number of morpholine rings is 1. The Morgan fingerprint density at radius 1 is 1.28 bits per heavy atom. The maximum absolute atomic E-state index is 12.7. The third-order valence-electron chi connectivity index (χ3n) is 4.59. The van der Waals surface area contributed by atoms with Crippen LogP contribution < -0.4 is 4.74 Å². The van der Waals surface area contributed by atoms with E-state index in [9.17, 15) is 4.79 Å². The summed E-state index contributed by atoms with van der Waals surface area (Å²) in [7, 11) is 1.63. The zero-order valence-corrected chi connectivity index (χ0v) is 15.5. The molecule has 0 aliphatic carbocycles. The number of furan rings is 1. The molecule has 1 saturated heterocycles. The summed E-state index contributed by atoms with van der Waals surface area (Å²) < 4.78 is 16.7. The van der Waals surface area contributed by atoms with Gasteiger partial charge in [-0.15, -0.1) is 0 Å². The fraction of sp³-hybridized carbons (Fsp3) is 0.450. The second kappa shape index (κ2) is 6.92. The Bertz CT molecular complexity index is 810. The fourth-order valence-corrected chi connectivity index (χ4v) is 3.37. The molecule has 1 aliphatic heterocycles. The molecule has 1 aliphatic rings. The number of fused-ring (bicyclic) bond motifs is 1. The van der Waals surface area contributed by atoms with E-state index >= 15 is 0 Å². The van der Waals surface area contributed by atoms with Gasteiger partial charge < -0.3 is 18.8 Å². The van der Waals surface area contributed by atoms with Gasteiger partial charge in [0, 0.05) is 36.2 Å². The van der Waals surface area contributed by atoms with Gasteiger partial charge in [0.1, 0.15) is 11.3 Å². The van der Waals surface area contributed by atoms with Crippen molar-refractivity contribution < 1.29 is 18.7 Å². The lowest BCUT2D eigenvalue weighted by molar-refractivity contribution is -0.137. The maximum Gasteiger partial charge on any atom is 0.247 e. The lowest BCUT2D eigenvalue weighted by atomic mass is 10.0. The molecular weight excluding hydrogens is 318 g/mol. The highest BCUT2D eigenvalue weighted by Gasteiger charge is 2.25. The van der Waals surface area contributed by atoms with Gasteiger partial charge in [0.05, 0.1) is 25.6 Å². The van der Waals surface area contributed by atoms with E-state index in [0.29, 0.717) is 18.8 Å². The molecule has 0 saturated carbocycles. The summed E-state index contributed by atoms with van der Waals surface area (Å²) in [5, 5.41) is 1.03. The summed E-state index contributed by atoms with van der Waals surface area (Å²) in [6.45, 7) is 9.15. The molecule has 0 N–H and O–H groups in total. The van der Waals surface area contributed by atoms with Gasteiger partial charge in [-0.3, -0.25) is 4.79 Å². The maximum atomic E-state index is 12.7. The molecule has 2 aromatic rings. The lowest BCUT2D eigenvalue weighted by Crippen LogP contribution is -2.47. The Labute approximate surface area is 148 Å². The number of amides is 1. The van der Waals surface area contributed by atoms with Gasteiger partial charge in [0.2, 0.25) is 5.91 Å². The van der Waals surface area contributed by atoms with E-state index in [2.05, 4.69) is 0 Å². The molecule has 2 unspecified atom stereocenters. The van der Waals surface area contributed by atoms with E-state index in [0.717, 1.165) is 27.7 Å². The quantitative estimate of drug-likeness (QED) is 0.796. The number of nitrogens with zero attached hydrogens (tertiary/aromatic N) is 1. The van der Waals surface area contributed by atoms with Crippen molar-refractivity contribution in [3.63, 3.8) is 0 Å². The van der Waals surface area contributed by atoms with Crippen molar-refractivity contribution >= 4 is 22.4 Å². The molecule has 0 spiro atoms. The molecule has 1 amide bonds. The first-order valence-electron chi connectivity index (χ1n) is 8.58. The molecular formula is C20H25NO4. The van der Waals surface area contributed by atoms with Crippen molar-refractivity contribution in [3.8, 4) is 5.75 Å². The average molecular weight is 343 g/mol. The van der Waals surface area contributed by atoms with Gasteiger partial charge in [-0.1, -0.05) is 0 Å². The van der Waals surface area contributed by atoms with Crippen LogP contribution in [0.1, 0.15) is 31.9 Å². The minimum absolute atomic E-state index is 0.00515.